The molecule has 0 nitrogen and oxygen atoms in total. The van der Waals surface area contributed by atoms with E-state index in [1.165, 1.54) is 6.42 Å². The van der Waals surface area contributed by atoms with Crippen molar-refractivity contribution in [1.82, 2.24) is 0 Å². The first kappa shape index (κ1) is 11.3. The van der Waals surface area contributed by atoms with Crippen molar-refractivity contribution in [2.45, 2.75) is 26.2 Å². The van der Waals surface area contributed by atoms with Gasteiger partial charge in [-0.1, -0.05) is 13.3 Å². The molecule has 0 radical (unpaired) electrons. The molecule has 0 heterocycles. The van der Waals surface area contributed by atoms with E-state index in [4.69, 9.17) is 16.1 Å². The van der Waals surface area contributed by atoms with Crippen molar-refractivity contribution >= 4 is 9.69 Å². The van der Waals surface area contributed by atoms with Gasteiger partial charge in [-0.2, -0.15) is 0 Å². The minimum atomic E-state index is 0.830. The fourth-order valence-electron chi connectivity index (χ4n) is 0.265. The Kier molecular flexibility index (Phi) is 22.1. The van der Waals surface area contributed by atoms with Gasteiger partial charge >= 0.3 is 27.0 Å². The predicted octanol–water partition coefficient (Wildman–Crippen LogP) is 2.45. The Morgan fingerprint density at radius 2 is 2.12 bits per heavy atom. The third-order valence-corrected chi connectivity index (χ3v) is 0.655. The van der Waals surface area contributed by atoms with Gasteiger partial charge in [-0.25, -0.2) is 0 Å². The van der Waals surface area contributed by atoms with E-state index in [1.54, 1.807) is 0 Å². The van der Waals surface area contributed by atoms with Crippen LogP contribution in [-0.2, 0) is 17.3 Å². The Hall–Kier alpha value is 0.473. The minimum absolute atomic E-state index is 0.830. The van der Waals surface area contributed by atoms with Crippen LogP contribution in [-0.4, -0.2) is 0 Å². The summed E-state index contributed by atoms with van der Waals surface area (Å²) in [7, 11) is 4.76. The van der Waals surface area contributed by atoms with Crippen molar-refractivity contribution in [3.05, 3.63) is 6.42 Å². The van der Waals surface area contributed by atoms with Crippen molar-refractivity contribution in [2.75, 3.05) is 0 Å². The molecule has 0 aliphatic heterocycles. The van der Waals surface area contributed by atoms with Crippen molar-refractivity contribution in [2.24, 2.45) is 0 Å². The molecule has 0 aromatic carbocycles. The zero-order valence-corrected chi connectivity index (χ0v) is 8.93. The average molecular weight is 182 g/mol. The van der Waals surface area contributed by atoms with Crippen LogP contribution in [0.1, 0.15) is 26.2 Å². The first-order valence-corrected chi connectivity index (χ1v) is 6.48. The van der Waals surface area contributed by atoms with Crippen LogP contribution >= 0.6 is 9.69 Å². The Morgan fingerprint density at radius 1 is 1.62 bits per heavy atom. The molecule has 0 amide bonds. The number of halogens is 1. The molecule has 0 saturated carbocycles. The van der Waals surface area contributed by atoms with Crippen LogP contribution in [0.3, 0.4) is 0 Å². The van der Waals surface area contributed by atoms with Crippen molar-refractivity contribution in [3.63, 3.8) is 0 Å². The summed E-state index contributed by atoms with van der Waals surface area (Å²) in [5.41, 5.74) is 0. The molecule has 0 N–H and O–H groups in total. The first-order valence-electron chi connectivity index (χ1n) is 2.58. The van der Waals surface area contributed by atoms with Gasteiger partial charge in [0.25, 0.3) is 0 Å². The van der Waals surface area contributed by atoms with Crippen molar-refractivity contribution in [3.8, 4) is 5.92 Å². The number of unbranched alkanes of at least 4 members (excludes halogenated alkanes) is 2. The second-order valence-corrected chi connectivity index (χ2v) is 1.28. The number of rotatable bonds is 2. The summed E-state index contributed by atoms with van der Waals surface area (Å²) in [4.78, 5) is 0. The van der Waals surface area contributed by atoms with Crippen LogP contribution in [0.2, 0.25) is 0 Å². The normalized spacial score (nSPS) is 6.38. The van der Waals surface area contributed by atoms with Gasteiger partial charge in [-0.05, 0) is 12.8 Å². The third-order valence-electron chi connectivity index (χ3n) is 0.655. The molecule has 0 aliphatic rings. The van der Waals surface area contributed by atoms with E-state index in [2.05, 4.69) is 12.8 Å². The molecule has 0 bridgehead atoms. The zero-order chi connectivity index (χ0) is 6.83. The summed E-state index contributed by atoms with van der Waals surface area (Å²) in [6.45, 7) is 2.11. The second-order valence-electron chi connectivity index (χ2n) is 1.28. The molecular formula is C6H9ClZn. The third kappa shape index (κ3) is 16.1. The van der Waals surface area contributed by atoms with Gasteiger partial charge in [0.2, 0.25) is 0 Å². The SMILES string of the molecule is [C-]#CCCCC.[Cl][Zn+]. The molecule has 42 valence electrons. The van der Waals surface area contributed by atoms with Crippen molar-refractivity contribution in [1.29, 1.82) is 0 Å². The van der Waals surface area contributed by atoms with Gasteiger partial charge in [-0.3, -0.25) is 0 Å². The van der Waals surface area contributed by atoms with Gasteiger partial charge in [0.05, 0.1) is 0 Å². The van der Waals surface area contributed by atoms with Crippen LogP contribution in [0.25, 0.3) is 0 Å². The molecule has 8 heavy (non-hydrogen) atoms. The van der Waals surface area contributed by atoms with Crippen LogP contribution in [0.5, 0.6) is 0 Å². The second kappa shape index (κ2) is 15.6. The Balaban J connectivity index is 0. The monoisotopic (exact) mass is 180 g/mol. The molecule has 0 saturated heterocycles. The quantitative estimate of drug-likeness (QED) is 0.266. The van der Waals surface area contributed by atoms with E-state index in [-0.39, 0.29) is 0 Å². The Morgan fingerprint density at radius 3 is 2.25 bits per heavy atom. The molecule has 2 heteroatoms. The summed E-state index contributed by atoms with van der Waals surface area (Å²) in [6.07, 6.45) is 9.57. The van der Waals surface area contributed by atoms with Gasteiger partial charge in [0.1, 0.15) is 0 Å². The standard InChI is InChI=1S/C6H9.ClH.Zn/c1-3-5-6-4-2;;/h3,5-6H2,1H3;1H;/q-1;;+2/p-1. The molecule has 0 atom stereocenters. The predicted molar refractivity (Wildman–Crippen MR) is 32.5 cm³/mol. The Labute approximate surface area is 65.7 Å². The summed E-state index contributed by atoms with van der Waals surface area (Å²) in [5, 5.41) is 0. The van der Waals surface area contributed by atoms with E-state index in [9.17, 15) is 0 Å². The fourth-order valence-corrected chi connectivity index (χ4v) is 0.265. The Bertz CT molecular complexity index is 56.0. The molecular weight excluding hydrogens is 173 g/mol. The van der Waals surface area contributed by atoms with E-state index in [0.29, 0.717) is 0 Å². The van der Waals surface area contributed by atoms with Crippen LogP contribution in [0, 0.1) is 12.3 Å². The molecule has 0 spiro atoms. The number of hydrogen-bond donors (Lipinski definition) is 0. The molecule has 0 aromatic heterocycles. The first-order chi connectivity index (χ1) is 3.91. The van der Waals surface area contributed by atoms with E-state index < -0.39 is 0 Å². The summed E-state index contributed by atoms with van der Waals surface area (Å²) >= 11 is 0.847. The summed E-state index contributed by atoms with van der Waals surface area (Å²) in [6, 6.07) is 0. The maximum atomic E-state index is 6.46. The van der Waals surface area contributed by atoms with Crippen LogP contribution in [0.15, 0.2) is 0 Å². The van der Waals surface area contributed by atoms with Gasteiger partial charge in [-0.15, -0.1) is 0 Å². The summed E-state index contributed by atoms with van der Waals surface area (Å²) in [5.74, 6) is 2.32. The fraction of sp³-hybridized carbons (Fsp3) is 0.667. The maximum absolute atomic E-state index is 6.46. The average Bonchev–Trinajstić information content (AvgIpc) is 1.88. The molecule has 0 unspecified atom stereocenters. The summed E-state index contributed by atoms with van der Waals surface area (Å²) < 4.78 is 0. The molecule has 0 aromatic rings. The zero-order valence-electron chi connectivity index (χ0n) is 5.21. The molecule has 0 fully saturated rings. The topological polar surface area (TPSA) is 0 Å². The van der Waals surface area contributed by atoms with Crippen molar-refractivity contribution < 1.29 is 17.3 Å². The van der Waals surface area contributed by atoms with Crippen LogP contribution in [0.4, 0.5) is 0 Å². The van der Waals surface area contributed by atoms with Crippen LogP contribution < -0.4 is 0 Å². The van der Waals surface area contributed by atoms with Gasteiger partial charge < -0.3 is 12.3 Å². The van der Waals surface area contributed by atoms with E-state index in [0.717, 1.165) is 30.2 Å². The molecule has 0 aliphatic carbocycles. The van der Waals surface area contributed by atoms with E-state index >= 15 is 0 Å². The van der Waals surface area contributed by atoms with Gasteiger partial charge in [0, 0.05) is 0 Å². The van der Waals surface area contributed by atoms with Gasteiger partial charge in [0.15, 0.2) is 0 Å². The molecule has 0 rings (SSSR count). The van der Waals surface area contributed by atoms with E-state index in [1.807, 2.05) is 0 Å². The number of hydrogen-bond acceptors (Lipinski definition) is 0.